The van der Waals surface area contributed by atoms with Gasteiger partial charge in [0.15, 0.2) is 5.82 Å². The largest absolute Gasteiger partial charge is 0.367 e. The highest BCUT2D eigenvalue weighted by Crippen LogP contribution is 2.26. The van der Waals surface area contributed by atoms with Crippen LogP contribution in [-0.4, -0.2) is 54.7 Å². The molecular formula is C18H24N4O5S. The second-order valence-corrected chi connectivity index (χ2v) is 8.72. The van der Waals surface area contributed by atoms with Gasteiger partial charge < -0.3 is 14.6 Å². The van der Waals surface area contributed by atoms with E-state index in [9.17, 15) is 13.2 Å². The summed E-state index contributed by atoms with van der Waals surface area (Å²) in [6.07, 6.45) is 2.50. The van der Waals surface area contributed by atoms with E-state index in [1.807, 2.05) is 30.3 Å². The molecule has 1 aliphatic heterocycles. The monoisotopic (exact) mass is 408 g/mol. The van der Waals surface area contributed by atoms with Gasteiger partial charge in [-0.2, -0.15) is 4.98 Å². The number of aromatic nitrogens is 2. The zero-order valence-electron chi connectivity index (χ0n) is 15.7. The van der Waals surface area contributed by atoms with Crippen LogP contribution in [0.15, 0.2) is 34.9 Å². The van der Waals surface area contributed by atoms with Crippen LogP contribution in [0.3, 0.4) is 0 Å². The summed E-state index contributed by atoms with van der Waals surface area (Å²) in [7, 11) is -3.16. The molecule has 0 saturated carbocycles. The van der Waals surface area contributed by atoms with Crippen LogP contribution in [0.2, 0.25) is 0 Å². The van der Waals surface area contributed by atoms with Crippen LogP contribution in [-0.2, 0) is 32.7 Å². The van der Waals surface area contributed by atoms with Crippen LogP contribution in [0.25, 0.3) is 0 Å². The molecule has 0 radical (unpaired) electrons. The average molecular weight is 408 g/mol. The fraction of sp³-hybridized carbons (Fsp3) is 0.500. The summed E-state index contributed by atoms with van der Waals surface area (Å²) in [4.78, 5) is 16.2. The number of hydrogen-bond donors (Lipinski definition) is 1. The zero-order chi connectivity index (χ0) is 20.0. The Kier molecular flexibility index (Phi) is 6.76. The van der Waals surface area contributed by atoms with Crippen molar-refractivity contribution in [2.75, 3.05) is 26.0 Å². The minimum absolute atomic E-state index is 0.0557. The highest BCUT2D eigenvalue weighted by atomic mass is 32.2. The van der Waals surface area contributed by atoms with E-state index < -0.39 is 10.0 Å². The van der Waals surface area contributed by atoms with Crippen molar-refractivity contribution in [3.8, 4) is 0 Å². The molecule has 2 heterocycles. The van der Waals surface area contributed by atoms with Gasteiger partial charge in [0, 0.05) is 19.0 Å². The molecule has 9 nitrogen and oxygen atoms in total. The Morgan fingerprint density at radius 2 is 2.00 bits per heavy atom. The standard InChI is InChI=1S/C18H24N4O5S/c1-28(24,25)22-9-7-15(8-10-22)18-20-17(27-21-18)11-19-16(23)13-26-12-14-5-3-2-4-6-14/h2-6,15H,7-13H2,1H3,(H,19,23). The van der Waals surface area contributed by atoms with Crippen molar-refractivity contribution >= 4 is 15.9 Å². The maximum absolute atomic E-state index is 11.9. The third-order valence-electron chi connectivity index (χ3n) is 4.55. The van der Waals surface area contributed by atoms with Crippen molar-refractivity contribution in [1.29, 1.82) is 0 Å². The molecule has 1 aliphatic rings. The van der Waals surface area contributed by atoms with Gasteiger partial charge in [-0.25, -0.2) is 12.7 Å². The molecule has 0 unspecified atom stereocenters. The molecular weight excluding hydrogens is 384 g/mol. The Balaban J connectivity index is 1.39. The minimum Gasteiger partial charge on any atom is -0.367 e. The summed E-state index contributed by atoms with van der Waals surface area (Å²) in [6.45, 7) is 1.33. The topological polar surface area (TPSA) is 115 Å². The van der Waals surface area contributed by atoms with Gasteiger partial charge >= 0.3 is 0 Å². The second kappa shape index (κ2) is 9.26. The first kappa shape index (κ1) is 20.4. The molecule has 0 bridgehead atoms. The first-order valence-electron chi connectivity index (χ1n) is 9.08. The van der Waals surface area contributed by atoms with Gasteiger partial charge in [0.2, 0.25) is 21.8 Å². The second-order valence-electron chi connectivity index (χ2n) is 6.74. The molecule has 1 aromatic carbocycles. The van der Waals surface area contributed by atoms with Gasteiger partial charge in [-0.1, -0.05) is 35.5 Å². The van der Waals surface area contributed by atoms with Gasteiger partial charge in [0.05, 0.1) is 19.4 Å². The zero-order valence-corrected chi connectivity index (χ0v) is 16.5. The third kappa shape index (κ3) is 5.85. The first-order valence-corrected chi connectivity index (χ1v) is 10.9. The van der Waals surface area contributed by atoms with E-state index in [0.29, 0.717) is 44.3 Å². The molecule has 2 aromatic rings. The van der Waals surface area contributed by atoms with Crippen molar-refractivity contribution in [2.45, 2.75) is 31.9 Å². The minimum atomic E-state index is -3.16. The molecule has 1 amide bonds. The van der Waals surface area contributed by atoms with E-state index >= 15 is 0 Å². The Morgan fingerprint density at radius 3 is 2.68 bits per heavy atom. The van der Waals surface area contributed by atoms with Crippen LogP contribution in [0.5, 0.6) is 0 Å². The smallest absolute Gasteiger partial charge is 0.246 e. The van der Waals surface area contributed by atoms with Gasteiger partial charge in [0.1, 0.15) is 6.61 Å². The molecule has 0 spiro atoms. The maximum atomic E-state index is 11.9. The number of carbonyl (C=O) groups is 1. The summed E-state index contributed by atoms with van der Waals surface area (Å²) >= 11 is 0. The maximum Gasteiger partial charge on any atom is 0.246 e. The number of nitrogens with one attached hydrogen (secondary N) is 1. The molecule has 3 rings (SSSR count). The lowest BCUT2D eigenvalue weighted by atomic mass is 9.98. The van der Waals surface area contributed by atoms with Crippen LogP contribution in [0.4, 0.5) is 0 Å². The molecule has 1 N–H and O–H groups in total. The molecule has 0 aliphatic carbocycles. The number of benzene rings is 1. The van der Waals surface area contributed by atoms with E-state index in [1.54, 1.807) is 0 Å². The highest BCUT2D eigenvalue weighted by Gasteiger charge is 2.28. The molecule has 28 heavy (non-hydrogen) atoms. The number of rotatable bonds is 8. The van der Waals surface area contributed by atoms with Gasteiger partial charge in [-0.15, -0.1) is 0 Å². The summed E-state index contributed by atoms with van der Waals surface area (Å²) in [6, 6.07) is 9.61. The number of carbonyl (C=O) groups excluding carboxylic acids is 1. The molecule has 10 heteroatoms. The summed E-state index contributed by atoms with van der Waals surface area (Å²) in [5.41, 5.74) is 0.999. The van der Waals surface area contributed by atoms with Crippen LogP contribution < -0.4 is 5.32 Å². The lowest BCUT2D eigenvalue weighted by molar-refractivity contribution is -0.126. The lowest BCUT2D eigenvalue weighted by Crippen LogP contribution is -2.37. The van der Waals surface area contributed by atoms with Crippen molar-refractivity contribution in [3.05, 3.63) is 47.6 Å². The number of nitrogens with zero attached hydrogens (tertiary/aromatic N) is 3. The number of ether oxygens (including phenoxy) is 1. The van der Waals surface area contributed by atoms with Gasteiger partial charge in [0.25, 0.3) is 0 Å². The van der Waals surface area contributed by atoms with E-state index in [0.717, 1.165) is 5.56 Å². The van der Waals surface area contributed by atoms with E-state index in [1.165, 1.54) is 10.6 Å². The average Bonchev–Trinajstić information content (AvgIpc) is 3.16. The van der Waals surface area contributed by atoms with Crippen LogP contribution in [0, 0.1) is 0 Å². The fourth-order valence-electron chi connectivity index (χ4n) is 3.01. The van der Waals surface area contributed by atoms with Crippen molar-refractivity contribution in [1.82, 2.24) is 19.8 Å². The SMILES string of the molecule is CS(=O)(=O)N1CCC(c2noc(CNC(=O)COCc3ccccc3)n2)CC1. The Labute approximate surface area is 164 Å². The van der Waals surface area contributed by atoms with E-state index in [4.69, 9.17) is 9.26 Å². The molecule has 1 saturated heterocycles. The summed E-state index contributed by atoms with van der Waals surface area (Å²) < 4.78 is 35.1. The van der Waals surface area contributed by atoms with Crippen molar-refractivity contribution in [2.24, 2.45) is 0 Å². The fourth-order valence-corrected chi connectivity index (χ4v) is 3.89. The van der Waals surface area contributed by atoms with Gasteiger partial charge in [-0.3, -0.25) is 4.79 Å². The van der Waals surface area contributed by atoms with Crippen LogP contribution >= 0.6 is 0 Å². The molecule has 0 atom stereocenters. The Bertz CT molecular complexity index is 876. The quantitative estimate of drug-likeness (QED) is 0.694. The number of piperidine rings is 1. The number of amides is 1. The first-order chi connectivity index (χ1) is 13.4. The predicted molar refractivity (Wildman–Crippen MR) is 101 cm³/mol. The number of sulfonamides is 1. The molecule has 1 fully saturated rings. The predicted octanol–water partition coefficient (Wildman–Crippen LogP) is 1.04. The normalized spacial score (nSPS) is 16.2. The van der Waals surface area contributed by atoms with E-state index in [2.05, 4.69) is 15.5 Å². The highest BCUT2D eigenvalue weighted by molar-refractivity contribution is 7.88. The van der Waals surface area contributed by atoms with Crippen molar-refractivity contribution in [3.63, 3.8) is 0 Å². The Hall–Kier alpha value is -2.30. The molecule has 1 aromatic heterocycles. The van der Waals surface area contributed by atoms with Gasteiger partial charge in [-0.05, 0) is 18.4 Å². The third-order valence-corrected chi connectivity index (χ3v) is 5.86. The Morgan fingerprint density at radius 1 is 1.29 bits per heavy atom. The summed E-state index contributed by atoms with van der Waals surface area (Å²) in [5.74, 6) is 0.659. The van der Waals surface area contributed by atoms with Crippen LogP contribution in [0.1, 0.15) is 36.0 Å². The van der Waals surface area contributed by atoms with E-state index in [-0.39, 0.29) is 25.0 Å². The molecule has 152 valence electrons. The van der Waals surface area contributed by atoms with Crippen molar-refractivity contribution < 1.29 is 22.5 Å². The lowest BCUT2D eigenvalue weighted by Gasteiger charge is -2.28. The number of hydrogen-bond acceptors (Lipinski definition) is 7. The summed E-state index contributed by atoms with van der Waals surface area (Å²) in [5, 5.41) is 6.65.